The molecular formula is C20H20F3NO5S2. The maximum Gasteiger partial charge on any atom is 0.573 e. The number of rotatable bonds is 10. The molecular weight excluding hydrogens is 455 g/mol. The van der Waals surface area contributed by atoms with Crippen molar-refractivity contribution in [1.29, 1.82) is 0 Å². The number of ketones is 1. The smallest absolute Gasteiger partial charge is 0.406 e. The molecule has 31 heavy (non-hydrogen) atoms. The molecule has 2 aromatic rings. The first-order chi connectivity index (χ1) is 14.5. The largest absolute Gasteiger partial charge is 0.573 e. The molecule has 0 unspecified atom stereocenters. The highest BCUT2D eigenvalue weighted by molar-refractivity contribution is 8.14. The third-order valence-corrected chi connectivity index (χ3v) is 6.26. The number of nitrogens with one attached hydrogen (secondary N) is 1. The number of thioether (sulfide) groups is 1. The average molecular weight is 476 g/mol. The Morgan fingerprint density at radius 1 is 1.03 bits per heavy atom. The molecule has 11 heteroatoms. The van der Waals surface area contributed by atoms with E-state index in [0.29, 0.717) is 12.0 Å². The van der Waals surface area contributed by atoms with Gasteiger partial charge in [-0.1, -0.05) is 25.1 Å². The van der Waals surface area contributed by atoms with E-state index in [2.05, 4.69) is 9.46 Å². The highest BCUT2D eigenvalue weighted by Crippen LogP contribution is 2.25. The minimum atomic E-state index is -4.88. The molecule has 168 valence electrons. The van der Waals surface area contributed by atoms with Crippen LogP contribution in [0.3, 0.4) is 0 Å². The molecule has 0 radical (unpaired) electrons. The zero-order valence-corrected chi connectivity index (χ0v) is 18.1. The summed E-state index contributed by atoms with van der Waals surface area (Å²) in [6.07, 6.45) is -2.80. The Morgan fingerprint density at radius 2 is 1.65 bits per heavy atom. The summed E-state index contributed by atoms with van der Waals surface area (Å²) >= 11 is 0.955. The van der Waals surface area contributed by atoms with Crippen molar-refractivity contribution in [3.05, 3.63) is 54.1 Å². The summed E-state index contributed by atoms with van der Waals surface area (Å²) in [4.78, 5) is 23.6. The first-order valence-corrected chi connectivity index (χ1v) is 11.6. The van der Waals surface area contributed by atoms with E-state index < -0.39 is 22.1 Å². The summed E-state index contributed by atoms with van der Waals surface area (Å²) in [5.74, 6) is -0.801. The van der Waals surface area contributed by atoms with Crippen molar-refractivity contribution in [3.63, 3.8) is 0 Å². The number of halogens is 3. The van der Waals surface area contributed by atoms with Gasteiger partial charge in [0.05, 0.1) is 10.6 Å². The monoisotopic (exact) mass is 475 g/mol. The number of alkyl halides is 3. The Balaban J connectivity index is 1.98. The van der Waals surface area contributed by atoms with Gasteiger partial charge in [-0.25, -0.2) is 8.42 Å². The van der Waals surface area contributed by atoms with Gasteiger partial charge in [0.2, 0.25) is 0 Å². The van der Waals surface area contributed by atoms with Crippen molar-refractivity contribution >= 4 is 38.4 Å². The molecule has 6 nitrogen and oxygen atoms in total. The van der Waals surface area contributed by atoms with Gasteiger partial charge in [0.15, 0.2) is 10.9 Å². The van der Waals surface area contributed by atoms with E-state index in [4.69, 9.17) is 0 Å². The summed E-state index contributed by atoms with van der Waals surface area (Å²) < 4.78 is 67.4. The number of carbonyl (C=O) groups excluding carboxylic acids is 2. The normalized spacial score (nSPS) is 11.7. The van der Waals surface area contributed by atoms with Crippen LogP contribution < -0.4 is 9.46 Å². The van der Waals surface area contributed by atoms with Crippen molar-refractivity contribution in [2.24, 2.45) is 0 Å². The van der Waals surface area contributed by atoms with Crippen LogP contribution >= 0.6 is 11.8 Å². The molecule has 0 fully saturated rings. The van der Waals surface area contributed by atoms with Gasteiger partial charge in [-0.15, -0.1) is 13.2 Å². The van der Waals surface area contributed by atoms with Crippen molar-refractivity contribution < 1.29 is 35.9 Å². The van der Waals surface area contributed by atoms with Crippen LogP contribution in [-0.4, -0.2) is 31.4 Å². The van der Waals surface area contributed by atoms with Crippen LogP contribution in [0.5, 0.6) is 5.75 Å². The van der Waals surface area contributed by atoms with Crippen LogP contribution in [0.2, 0.25) is 0 Å². The summed E-state index contributed by atoms with van der Waals surface area (Å²) in [5.41, 5.74) is 0.492. The van der Waals surface area contributed by atoms with E-state index >= 15 is 0 Å². The number of sulfonamides is 1. The van der Waals surface area contributed by atoms with Crippen molar-refractivity contribution in [2.45, 2.75) is 37.4 Å². The summed E-state index contributed by atoms with van der Waals surface area (Å²) in [5, 5.41) is -0.0498. The number of unbranched alkanes of at least 4 members (excludes halogenated alkanes) is 1. The van der Waals surface area contributed by atoms with Gasteiger partial charge < -0.3 is 4.74 Å². The van der Waals surface area contributed by atoms with Gasteiger partial charge in [0.1, 0.15) is 5.75 Å². The predicted octanol–water partition coefficient (Wildman–Crippen LogP) is 5.02. The maximum absolute atomic E-state index is 12.4. The highest BCUT2D eigenvalue weighted by Gasteiger charge is 2.31. The molecule has 0 aromatic heterocycles. The van der Waals surface area contributed by atoms with E-state index in [-0.39, 0.29) is 27.2 Å². The van der Waals surface area contributed by atoms with Crippen LogP contribution in [0, 0.1) is 0 Å². The fourth-order valence-corrected chi connectivity index (χ4v) is 4.19. The number of hydrogen-bond acceptors (Lipinski definition) is 6. The number of carbonyl (C=O) groups is 2. The topological polar surface area (TPSA) is 89.5 Å². The molecule has 0 heterocycles. The van der Waals surface area contributed by atoms with E-state index in [0.717, 1.165) is 48.9 Å². The lowest BCUT2D eigenvalue weighted by atomic mass is 10.1. The Kier molecular flexibility index (Phi) is 8.52. The second kappa shape index (κ2) is 10.7. The minimum absolute atomic E-state index is 0.0000329. The van der Waals surface area contributed by atoms with E-state index in [1.54, 1.807) is 0 Å². The number of benzene rings is 2. The lowest BCUT2D eigenvalue weighted by Crippen LogP contribution is -2.17. The second-order valence-electron chi connectivity index (χ2n) is 6.39. The second-order valence-corrected chi connectivity index (χ2v) is 9.10. The molecule has 0 amide bonds. The highest BCUT2D eigenvalue weighted by atomic mass is 32.2. The average Bonchev–Trinajstić information content (AvgIpc) is 2.70. The summed E-state index contributed by atoms with van der Waals surface area (Å²) in [6.45, 7) is 1.97. The Hall–Kier alpha value is -2.53. The predicted molar refractivity (Wildman–Crippen MR) is 112 cm³/mol. The Labute approximate surface area is 182 Å². The molecule has 0 aliphatic heterocycles. The molecule has 2 aromatic carbocycles. The van der Waals surface area contributed by atoms with Gasteiger partial charge >= 0.3 is 6.36 Å². The number of ether oxygens (including phenoxy) is 1. The quantitative estimate of drug-likeness (QED) is 0.486. The molecule has 2 rings (SSSR count). The number of hydrogen-bond donors (Lipinski definition) is 1. The van der Waals surface area contributed by atoms with E-state index in [9.17, 15) is 31.2 Å². The van der Waals surface area contributed by atoms with Gasteiger partial charge in [-0.2, -0.15) is 0 Å². The van der Waals surface area contributed by atoms with Crippen molar-refractivity contribution in [3.8, 4) is 5.75 Å². The first kappa shape index (κ1) is 24.7. The van der Waals surface area contributed by atoms with Crippen molar-refractivity contribution in [1.82, 2.24) is 0 Å². The molecule has 0 saturated carbocycles. The van der Waals surface area contributed by atoms with Gasteiger partial charge in [-0.05, 0) is 55.0 Å². The number of Topliss-reactive ketones (excluding diaryl/α,β-unsaturated/α-hetero) is 1. The Morgan fingerprint density at radius 3 is 2.19 bits per heavy atom. The zero-order chi connectivity index (χ0) is 23.1. The summed E-state index contributed by atoms with van der Waals surface area (Å²) in [6, 6.07) is 9.37. The third-order valence-electron chi connectivity index (χ3n) is 3.93. The molecule has 0 bridgehead atoms. The van der Waals surface area contributed by atoms with Crippen molar-refractivity contribution in [2.75, 3.05) is 10.5 Å². The van der Waals surface area contributed by atoms with Crippen LogP contribution in [0.1, 0.15) is 36.5 Å². The zero-order valence-electron chi connectivity index (χ0n) is 16.4. The number of anilines is 1. The molecule has 0 spiro atoms. The summed E-state index contributed by atoms with van der Waals surface area (Å²) in [7, 11) is -4.06. The van der Waals surface area contributed by atoms with Gasteiger partial charge in [-0.3, -0.25) is 14.3 Å². The third kappa shape index (κ3) is 8.25. The molecule has 1 N–H and O–H groups in total. The fraction of sp³-hybridized carbons (Fsp3) is 0.300. The fourth-order valence-electron chi connectivity index (χ4n) is 2.38. The minimum Gasteiger partial charge on any atom is -0.406 e. The first-order valence-electron chi connectivity index (χ1n) is 9.17. The van der Waals surface area contributed by atoms with Crippen LogP contribution in [0.15, 0.2) is 53.4 Å². The van der Waals surface area contributed by atoms with E-state index in [1.807, 2.05) is 6.92 Å². The van der Waals surface area contributed by atoms with Crippen LogP contribution in [0.4, 0.5) is 18.9 Å². The SMILES string of the molecule is CCCCC(=O)SCC(=O)c1ccc(NS(=O)(=O)c2ccc(OC(F)(F)F)cc2)cc1. The molecule has 0 aliphatic rings. The Bertz CT molecular complexity index is 1000. The standard InChI is InChI=1S/C20H20F3NO5S2/c1-2-3-4-19(26)30-13-18(25)14-5-7-15(8-6-14)24-31(27,28)17-11-9-16(10-12-17)29-20(21,22)23/h5-12,24H,2-4,13H2,1H3. The molecule has 0 aliphatic carbocycles. The van der Waals surface area contributed by atoms with Gasteiger partial charge in [0, 0.05) is 17.7 Å². The van der Waals surface area contributed by atoms with Crippen LogP contribution in [0.25, 0.3) is 0 Å². The molecule has 0 atom stereocenters. The van der Waals surface area contributed by atoms with Crippen LogP contribution in [-0.2, 0) is 14.8 Å². The lowest BCUT2D eigenvalue weighted by Gasteiger charge is -2.11. The lowest BCUT2D eigenvalue weighted by molar-refractivity contribution is -0.274. The van der Waals surface area contributed by atoms with Gasteiger partial charge in [0.25, 0.3) is 10.0 Å². The molecule has 0 saturated heterocycles. The maximum atomic E-state index is 12.4. The van der Waals surface area contributed by atoms with E-state index in [1.165, 1.54) is 24.3 Å².